The molecule has 1 aromatic carbocycles. The first-order chi connectivity index (χ1) is 6.27. The molecule has 0 aliphatic rings. The molecule has 0 aliphatic carbocycles. The third-order valence-corrected chi connectivity index (χ3v) is 1.72. The molecule has 13 heavy (non-hydrogen) atoms. The second-order valence-electron chi connectivity index (χ2n) is 2.63. The Morgan fingerprint density at radius 2 is 2.00 bits per heavy atom. The first kappa shape index (κ1) is 7.79. The lowest BCUT2D eigenvalue weighted by atomic mass is 10.3. The molecule has 0 unspecified atom stereocenters. The Morgan fingerprint density at radius 1 is 1.31 bits per heavy atom. The SMILES string of the molecule is Cc1oc([O-])n[n+]1-c1ccccc1. The van der Waals surface area contributed by atoms with E-state index in [1.165, 1.54) is 4.68 Å². The molecule has 0 radical (unpaired) electrons. The number of rotatable bonds is 1. The fraction of sp³-hybridized carbons (Fsp3) is 0.111. The van der Waals surface area contributed by atoms with E-state index in [1.807, 2.05) is 30.3 Å². The van der Waals surface area contributed by atoms with Gasteiger partial charge >= 0.3 is 0 Å². The molecule has 0 aliphatic heterocycles. The molecule has 0 saturated heterocycles. The summed E-state index contributed by atoms with van der Waals surface area (Å²) in [6.45, 7) is 1.70. The predicted molar refractivity (Wildman–Crippen MR) is 42.2 cm³/mol. The Bertz CT molecular complexity index is 409. The summed E-state index contributed by atoms with van der Waals surface area (Å²) in [5, 5.41) is 14.5. The van der Waals surface area contributed by atoms with Gasteiger partial charge in [0.1, 0.15) is 0 Å². The van der Waals surface area contributed by atoms with Crippen LogP contribution < -0.4 is 9.79 Å². The van der Waals surface area contributed by atoms with Crippen molar-refractivity contribution in [2.45, 2.75) is 6.92 Å². The third-order valence-electron chi connectivity index (χ3n) is 1.72. The molecule has 0 amide bonds. The van der Waals surface area contributed by atoms with Crippen LogP contribution in [0.4, 0.5) is 0 Å². The maximum absolute atomic E-state index is 10.8. The molecule has 2 aromatic rings. The van der Waals surface area contributed by atoms with Crippen molar-refractivity contribution in [2.75, 3.05) is 0 Å². The zero-order valence-electron chi connectivity index (χ0n) is 7.10. The Labute approximate surface area is 75.1 Å². The Morgan fingerprint density at radius 3 is 2.54 bits per heavy atom. The highest BCUT2D eigenvalue weighted by Gasteiger charge is 2.12. The topological polar surface area (TPSA) is 53.0 Å². The van der Waals surface area contributed by atoms with Gasteiger partial charge in [0, 0.05) is 24.2 Å². The zero-order valence-corrected chi connectivity index (χ0v) is 7.10. The van der Waals surface area contributed by atoms with Gasteiger partial charge in [0.2, 0.25) is 11.8 Å². The van der Waals surface area contributed by atoms with Gasteiger partial charge < -0.3 is 9.52 Å². The Kier molecular flexibility index (Phi) is 1.73. The molecule has 4 nitrogen and oxygen atoms in total. The summed E-state index contributed by atoms with van der Waals surface area (Å²) in [5.74, 6) is 0.483. The lowest BCUT2D eigenvalue weighted by molar-refractivity contribution is -0.669. The summed E-state index contributed by atoms with van der Waals surface area (Å²) < 4.78 is 6.24. The highest BCUT2D eigenvalue weighted by molar-refractivity contribution is 5.20. The maximum atomic E-state index is 10.8. The van der Waals surface area contributed by atoms with E-state index >= 15 is 0 Å². The molecular formula is C9H8N2O2. The van der Waals surface area contributed by atoms with Gasteiger partial charge in [-0.3, -0.25) is 0 Å². The number of hydrogen-bond acceptors (Lipinski definition) is 3. The smallest absolute Gasteiger partial charge is 0.267 e. The van der Waals surface area contributed by atoms with Crippen LogP contribution in [-0.4, -0.2) is 5.10 Å². The van der Waals surface area contributed by atoms with Crippen molar-refractivity contribution in [3.63, 3.8) is 0 Å². The number of para-hydroxylation sites is 1. The van der Waals surface area contributed by atoms with Crippen molar-refractivity contribution in [1.29, 1.82) is 0 Å². The standard InChI is InChI=1S/C9H8N2O2/c1-7-11(10-9(12)13-7)8-5-3-2-4-6-8/h2-6H,1H3. The second kappa shape index (κ2) is 2.90. The lowest BCUT2D eigenvalue weighted by Crippen LogP contribution is -2.35. The summed E-state index contributed by atoms with van der Waals surface area (Å²) in [7, 11) is 0. The van der Waals surface area contributed by atoms with Gasteiger partial charge in [-0.05, 0) is 4.68 Å². The molecule has 66 valence electrons. The minimum absolute atomic E-state index is 0.483. The molecule has 1 heterocycles. The Balaban J connectivity index is 2.53. The van der Waals surface area contributed by atoms with Crippen LogP contribution in [-0.2, 0) is 0 Å². The van der Waals surface area contributed by atoms with E-state index in [9.17, 15) is 5.11 Å². The number of benzene rings is 1. The molecule has 0 bridgehead atoms. The molecule has 0 atom stereocenters. The van der Waals surface area contributed by atoms with E-state index in [1.54, 1.807) is 6.92 Å². The van der Waals surface area contributed by atoms with Crippen molar-refractivity contribution in [2.24, 2.45) is 0 Å². The fourth-order valence-electron chi connectivity index (χ4n) is 1.15. The van der Waals surface area contributed by atoms with Gasteiger partial charge in [-0.1, -0.05) is 18.2 Å². The molecule has 0 saturated carbocycles. The number of aryl methyl sites for hydroxylation is 1. The van der Waals surface area contributed by atoms with Gasteiger partial charge in [0.05, 0.1) is 0 Å². The van der Waals surface area contributed by atoms with Crippen LogP contribution in [0.3, 0.4) is 0 Å². The summed E-state index contributed by atoms with van der Waals surface area (Å²) >= 11 is 0. The summed E-state index contributed by atoms with van der Waals surface area (Å²) in [5.41, 5.74) is 0.825. The van der Waals surface area contributed by atoms with E-state index in [4.69, 9.17) is 4.42 Å². The molecular weight excluding hydrogens is 168 g/mol. The predicted octanol–water partition coefficient (Wildman–Crippen LogP) is 0.333. The molecule has 4 heteroatoms. The van der Waals surface area contributed by atoms with E-state index in [-0.39, 0.29) is 0 Å². The first-order valence-corrected chi connectivity index (χ1v) is 3.89. The van der Waals surface area contributed by atoms with Gasteiger partial charge in [-0.15, -0.1) is 0 Å². The van der Waals surface area contributed by atoms with E-state index in [0.717, 1.165) is 5.69 Å². The molecule has 1 aromatic heterocycles. The van der Waals surface area contributed by atoms with Crippen LogP contribution in [0.25, 0.3) is 5.69 Å². The van der Waals surface area contributed by atoms with Gasteiger partial charge in [0.15, 0.2) is 0 Å². The van der Waals surface area contributed by atoms with Gasteiger partial charge in [-0.2, -0.15) is 0 Å². The van der Waals surface area contributed by atoms with E-state index in [0.29, 0.717) is 5.89 Å². The van der Waals surface area contributed by atoms with E-state index in [2.05, 4.69) is 5.10 Å². The quantitative estimate of drug-likeness (QED) is 0.588. The van der Waals surface area contributed by atoms with Crippen LogP contribution in [0.1, 0.15) is 5.89 Å². The molecule has 2 rings (SSSR count). The summed E-state index contributed by atoms with van der Waals surface area (Å²) in [4.78, 5) is 0. The number of nitrogens with zero attached hydrogens (tertiary/aromatic N) is 2. The average molecular weight is 176 g/mol. The van der Waals surface area contributed by atoms with Crippen molar-refractivity contribution in [3.8, 4) is 11.8 Å². The average Bonchev–Trinajstić information content (AvgIpc) is 2.47. The van der Waals surface area contributed by atoms with Gasteiger partial charge in [0.25, 0.3) is 5.89 Å². The van der Waals surface area contributed by atoms with Crippen molar-refractivity contribution in [3.05, 3.63) is 36.2 Å². The normalized spacial score (nSPS) is 10.2. The van der Waals surface area contributed by atoms with Crippen molar-refractivity contribution in [1.82, 2.24) is 5.10 Å². The fourth-order valence-corrected chi connectivity index (χ4v) is 1.15. The van der Waals surface area contributed by atoms with Crippen LogP contribution in [0, 0.1) is 6.92 Å². The van der Waals surface area contributed by atoms with Crippen LogP contribution >= 0.6 is 0 Å². The number of aromatic nitrogens is 2. The van der Waals surface area contributed by atoms with E-state index < -0.39 is 6.08 Å². The Hall–Kier alpha value is -1.84. The highest BCUT2D eigenvalue weighted by atomic mass is 16.5. The summed E-state index contributed by atoms with van der Waals surface area (Å²) in [6.07, 6.45) is -0.568. The maximum Gasteiger partial charge on any atom is 0.267 e. The molecule has 0 N–H and O–H groups in total. The monoisotopic (exact) mass is 176 g/mol. The minimum Gasteiger partial charge on any atom is -0.524 e. The van der Waals surface area contributed by atoms with Gasteiger partial charge in [-0.25, -0.2) is 0 Å². The van der Waals surface area contributed by atoms with Crippen LogP contribution in [0.5, 0.6) is 6.08 Å². The zero-order chi connectivity index (χ0) is 9.26. The minimum atomic E-state index is -0.568. The molecule has 0 fully saturated rings. The van der Waals surface area contributed by atoms with Crippen LogP contribution in [0.2, 0.25) is 0 Å². The highest BCUT2D eigenvalue weighted by Crippen LogP contribution is 2.03. The first-order valence-electron chi connectivity index (χ1n) is 3.89. The van der Waals surface area contributed by atoms with Crippen molar-refractivity contribution >= 4 is 0 Å². The lowest BCUT2D eigenvalue weighted by Gasteiger charge is -1.88. The molecule has 0 spiro atoms. The van der Waals surface area contributed by atoms with Crippen LogP contribution in [0.15, 0.2) is 34.7 Å². The largest absolute Gasteiger partial charge is 0.524 e. The second-order valence-corrected chi connectivity index (χ2v) is 2.63. The summed E-state index contributed by atoms with van der Waals surface area (Å²) in [6, 6.07) is 9.36. The van der Waals surface area contributed by atoms with Crippen molar-refractivity contribution < 1.29 is 14.2 Å². The third kappa shape index (κ3) is 1.38. The number of hydrogen-bond donors (Lipinski definition) is 0.